The van der Waals surface area contributed by atoms with Gasteiger partial charge in [0.1, 0.15) is 0 Å². The highest BCUT2D eigenvalue weighted by molar-refractivity contribution is 5.90. The number of carbonyl (C=O) groups is 1. The Morgan fingerprint density at radius 3 is 2.48 bits per heavy atom. The Kier molecular flexibility index (Phi) is 8.76. The fourth-order valence-corrected chi connectivity index (χ4v) is 2.48. The summed E-state index contributed by atoms with van der Waals surface area (Å²) in [5.41, 5.74) is 7.82. The Hall–Kier alpha value is -1.35. The van der Waals surface area contributed by atoms with E-state index >= 15 is 0 Å². The third-order valence-corrected chi connectivity index (χ3v) is 3.99. The molecule has 1 aromatic carbocycles. The van der Waals surface area contributed by atoms with E-state index in [-0.39, 0.29) is 5.91 Å². The Balaban J connectivity index is 2.36. The molecule has 0 aliphatic heterocycles. The van der Waals surface area contributed by atoms with E-state index in [0.29, 0.717) is 18.9 Å². The number of hydrogen-bond acceptors (Lipinski definition) is 2. The van der Waals surface area contributed by atoms with E-state index in [1.54, 1.807) is 0 Å². The zero-order valence-electron chi connectivity index (χ0n) is 13.5. The van der Waals surface area contributed by atoms with Crippen molar-refractivity contribution in [3.05, 3.63) is 29.8 Å². The van der Waals surface area contributed by atoms with Crippen molar-refractivity contribution in [3.63, 3.8) is 0 Å². The van der Waals surface area contributed by atoms with Gasteiger partial charge in [-0.25, -0.2) is 0 Å². The minimum Gasteiger partial charge on any atom is -0.330 e. The molecule has 1 amide bonds. The second-order valence-corrected chi connectivity index (χ2v) is 5.74. The van der Waals surface area contributed by atoms with Crippen LogP contribution in [0.2, 0.25) is 0 Å². The van der Waals surface area contributed by atoms with Crippen LogP contribution in [0.3, 0.4) is 0 Å². The van der Waals surface area contributed by atoms with Crippen molar-refractivity contribution >= 4 is 11.6 Å². The summed E-state index contributed by atoms with van der Waals surface area (Å²) < 4.78 is 0. The van der Waals surface area contributed by atoms with Gasteiger partial charge in [-0.2, -0.15) is 0 Å². The molecule has 3 N–H and O–H groups in total. The van der Waals surface area contributed by atoms with Crippen LogP contribution in [-0.4, -0.2) is 12.5 Å². The maximum Gasteiger partial charge on any atom is 0.224 e. The summed E-state index contributed by atoms with van der Waals surface area (Å²) >= 11 is 0. The van der Waals surface area contributed by atoms with Crippen molar-refractivity contribution in [1.82, 2.24) is 0 Å². The predicted octanol–water partition coefficient (Wildman–Crippen LogP) is 4.12. The quantitative estimate of drug-likeness (QED) is 0.681. The third kappa shape index (κ3) is 7.28. The minimum absolute atomic E-state index is 0.103. The van der Waals surface area contributed by atoms with Gasteiger partial charge >= 0.3 is 0 Å². The van der Waals surface area contributed by atoms with Crippen LogP contribution < -0.4 is 11.1 Å². The normalized spacial score (nSPS) is 12.1. The van der Waals surface area contributed by atoms with E-state index < -0.39 is 0 Å². The molecular formula is C18H30N2O. The van der Waals surface area contributed by atoms with E-state index in [0.717, 1.165) is 31.4 Å². The molecule has 1 unspecified atom stereocenters. The second kappa shape index (κ2) is 10.4. The highest BCUT2D eigenvalue weighted by atomic mass is 16.1. The molecule has 0 aromatic heterocycles. The average Bonchev–Trinajstić information content (AvgIpc) is 2.50. The average molecular weight is 290 g/mol. The summed E-state index contributed by atoms with van der Waals surface area (Å²) in [6, 6.07) is 8.21. The number of unbranched alkanes of at least 4 members (excludes halogenated alkanes) is 1. The van der Waals surface area contributed by atoms with Gasteiger partial charge < -0.3 is 11.1 Å². The molecule has 21 heavy (non-hydrogen) atoms. The lowest BCUT2D eigenvalue weighted by Crippen LogP contribution is -2.15. The minimum atomic E-state index is 0.103. The van der Waals surface area contributed by atoms with E-state index in [1.807, 2.05) is 12.1 Å². The lowest BCUT2D eigenvalue weighted by atomic mass is 9.96. The van der Waals surface area contributed by atoms with E-state index in [1.165, 1.54) is 18.4 Å². The summed E-state index contributed by atoms with van der Waals surface area (Å²) in [6.45, 7) is 5.06. The molecule has 0 bridgehead atoms. The van der Waals surface area contributed by atoms with Gasteiger partial charge in [0, 0.05) is 12.1 Å². The van der Waals surface area contributed by atoms with E-state index in [4.69, 9.17) is 5.73 Å². The molecule has 3 heteroatoms. The first-order valence-electron chi connectivity index (χ1n) is 8.28. The third-order valence-electron chi connectivity index (χ3n) is 3.99. The zero-order valence-corrected chi connectivity index (χ0v) is 13.5. The molecule has 0 radical (unpaired) electrons. The number of amides is 1. The molecule has 0 aliphatic carbocycles. The number of carbonyl (C=O) groups excluding carboxylic acids is 1. The monoisotopic (exact) mass is 290 g/mol. The van der Waals surface area contributed by atoms with E-state index in [2.05, 4.69) is 31.3 Å². The van der Waals surface area contributed by atoms with Crippen molar-refractivity contribution in [2.75, 3.05) is 11.9 Å². The maximum atomic E-state index is 12.0. The molecule has 0 aliphatic rings. The van der Waals surface area contributed by atoms with E-state index in [9.17, 15) is 4.79 Å². The second-order valence-electron chi connectivity index (χ2n) is 5.74. The Morgan fingerprint density at radius 1 is 1.19 bits per heavy atom. The van der Waals surface area contributed by atoms with Gasteiger partial charge in [-0.15, -0.1) is 0 Å². The largest absolute Gasteiger partial charge is 0.330 e. The lowest BCUT2D eigenvalue weighted by Gasteiger charge is -2.13. The Labute approximate surface area is 129 Å². The number of nitrogens with two attached hydrogens (primary N) is 1. The lowest BCUT2D eigenvalue weighted by molar-refractivity contribution is -0.116. The van der Waals surface area contributed by atoms with Gasteiger partial charge in [0.25, 0.3) is 0 Å². The van der Waals surface area contributed by atoms with Crippen LogP contribution in [0.25, 0.3) is 0 Å². The first-order chi connectivity index (χ1) is 10.2. The predicted molar refractivity (Wildman–Crippen MR) is 90.4 cm³/mol. The first kappa shape index (κ1) is 17.7. The molecule has 1 rings (SSSR count). The molecule has 0 heterocycles. The van der Waals surface area contributed by atoms with Gasteiger partial charge in [-0.05, 0) is 55.8 Å². The van der Waals surface area contributed by atoms with Crippen LogP contribution in [0.1, 0.15) is 57.9 Å². The van der Waals surface area contributed by atoms with Crippen LogP contribution in [0, 0.1) is 5.92 Å². The van der Waals surface area contributed by atoms with Crippen molar-refractivity contribution < 1.29 is 4.79 Å². The maximum absolute atomic E-state index is 12.0. The number of rotatable bonds is 10. The van der Waals surface area contributed by atoms with Crippen LogP contribution in [0.5, 0.6) is 0 Å². The van der Waals surface area contributed by atoms with Crippen molar-refractivity contribution in [2.24, 2.45) is 11.7 Å². The zero-order chi connectivity index (χ0) is 15.5. The number of hydrogen-bond donors (Lipinski definition) is 2. The van der Waals surface area contributed by atoms with Crippen LogP contribution in [0.15, 0.2) is 24.3 Å². The number of nitrogens with one attached hydrogen (secondary N) is 1. The standard InChI is InChI=1S/C18H30N2O/c1-3-5-6-16-7-10-17(11-8-16)20-18(21)12-9-15(4-2)13-14-19/h7-8,10-11,15H,3-6,9,12-14,19H2,1-2H3,(H,20,21). The molecule has 1 atom stereocenters. The fourth-order valence-electron chi connectivity index (χ4n) is 2.48. The summed E-state index contributed by atoms with van der Waals surface area (Å²) in [6.07, 6.45) is 7.14. The number of aryl methyl sites for hydroxylation is 1. The summed E-state index contributed by atoms with van der Waals surface area (Å²) in [5.74, 6) is 0.670. The van der Waals surface area contributed by atoms with Gasteiger partial charge in [-0.3, -0.25) is 4.79 Å². The molecule has 0 fully saturated rings. The number of benzene rings is 1. The van der Waals surface area contributed by atoms with Crippen molar-refractivity contribution in [1.29, 1.82) is 0 Å². The molecular weight excluding hydrogens is 260 g/mol. The van der Waals surface area contributed by atoms with Gasteiger partial charge in [0.15, 0.2) is 0 Å². The summed E-state index contributed by atoms with van der Waals surface area (Å²) in [4.78, 5) is 12.0. The first-order valence-corrected chi connectivity index (χ1v) is 8.28. The topological polar surface area (TPSA) is 55.1 Å². The molecule has 3 nitrogen and oxygen atoms in total. The molecule has 118 valence electrons. The number of anilines is 1. The van der Waals surface area contributed by atoms with Crippen molar-refractivity contribution in [3.8, 4) is 0 Å². The van der Waals surface area contributed by atoms with Crippen LogP contribution in [-0.2, 0) is 11.2 Å². The highest BCUT2D eigenvalue weighted by Gasteiger charge is 2.09. The van der Waals surface area contributed by atoms with Gasteiger partial charge in [0.05, 0.1) is 0 Å². The molecule has 0 saturated heterocycles. The van der Waals surface area contributed by atoms with Crippen LogP contribution >= 0.6 is 0 Å². The summed E-state index contributed by atoms with van der Waals surface area (Å²) in [5, 5.41) is 2.98. The highest BCUT2D eigenvalue weighted by Crippen LogP contribution is 2.16. The van der Waals surface area contributed by atoms with Crippen molar-refractivity contribution in [2.45, 2.75) is 58.8 Å². The molecule has 1 aromatic rings. The smallest absolute Gasteiger partial charge is 0.224 e. The van der Waals surface area contributed by atoms with Crippen LogP contribution in [0.4, 0.5) is 5.69 Å². The molecule has 0 spiro atoms. The summed E-state index contributed by atoms with van der Waals surface area (Å²) in [7, 11) is 0. The van der Waals surface area contributed by atoms with Gasteiger partial charge in [-0.1, -0.05) is 38.8 Å². The SMILES string of the molecule is CCCCc1ccc(NC(=O)CCC(CC)CCN)cc1. The molecule has 0 saturated carbocycles. The Bertz CT molecular complexity index is 400. The Morgan fingerprint density at radius 2 is 1.90 bits per heavy atom. The van der Waals surface area contributed by atoms with Gasteiger partial charge in [0.2, 0.25) is 5.91 Å². The fraction of sp³-hybridized carbons (Fsp3) is 0.611.